The van der Waals surface area contributed by atoms with Gasteiger partial charge in [-0.25, -0.2) is 0 Å². The number of hydrogen-bond donors (Lipinski definition) is 2. The molecule has 0 saturated heterocycles. The molecule has 0 radical (unpaired) electrons. The minimum absolute atomic E-state index is 0.0312. The summed E-state index contributed by atoms with van der Waals surface area (Å²) in [6.45, 7) is 4.90. The van der Waals surface area contributed by atoms with Gasteiger partial charge in [-0.2, -0.15) is 0 Å². The fourth-order valence-electron chi connectivity index (χ4n) is 9.09. The van der Waals surface area contributed by atoms with Crippen LogP contribution in [0.4, 0.5) is 0 Å². The van der Waals surface area contributed by atoms with Crippen LogP contribution in [0, 0.1) is 0 Å². The van der Waals surface area contributed by atoms with E-state index in [0.717, 1.165) is 45.9 Å². The lowest BCUT2D eigenvalue weighted by atomic mass is 9.66. The molecule has 1 aliphatic carbocycles. The smallest absolute Gasteiger partial charge is 0.120 e. The number of aliphatic hydroxyl groups is 2. The fourth-order valence-corrected chi connectivity index (χ4v) is 9.09. The van der Waals surface area contributed by atoms with E-state index in [1.165, 1.54) is 66.8 Å². The number of aliphatic hydroxyl groups excluding tert-OH is 2. The normalized spacial score (nSPS) is 12.8. The van der Waals surface area contributed by atoms with Gasteiger partial charge in [0.05, 0.1) is 18.6 Å². The van der Waals surface area contributed by atoms with Crippen LogP contribution in [0.2, 0.25) is 0 Å². The molecule has 9 rings (SSSR count). The third-order valence-electron chi connectivity index (χ3n) is 11.8. The Morgan fingerprint density at radius 2 is 0.842 bits per heavy atom. The van der Waals surface area contributed by atoms with Gasteiger partial charge in [-0.1, -0.05) is 123 Å². The van der Waals surface area contributed by atoms with Crippen LogP contribution in [0.1, 0.15) is 47.2 Å². The van der Waals surface area contributed by atoms with Crippen molar-refractivity contribution in [3.8, 4) is 44.9 Å². The van der Waals surface area contributed by atoms with E-state index < -0.39 is 5.41 Å². The summed E-state index contributed by atoms with van der Waals surface area (Å²) in [5.74, 6) is 1.48. The minimum Gasteiger partial charge on any atom is -0.491 e. The molecule has 0 aliphatic heterocycles. The molecule has 0 spiro atoms. The van der Waals surface area contributed by atoms with E-state index >= 15 is 0 Å². The van der Waals surface area contributed by atoms with Crippen molar-refractivity contribution in [2.24, 2.45) is 0 Å². The van der Waals surface area contributed by atoms with Gasteiger partial charge >= 0.3 is 0 Å². The summed E-state index contributed by atoms with van der Waals surface area (Å²) in [6.07, 6.45) is 1.89. The van der Waals surface area contributed by atoms with Crippen molar-refractivity contribution in [1.82, 2.24) is 0 Å². The first-order valence-electron chi connectivity index (χ1n) is 20.1. The monoisotopic (exact) mass is 746 g/mol. The molecule has 57 heavy (non-hydrogen) atoms. The molecule has 2 N–H and O–H groups in total. The topological polar surface area (TPSA) is 58.9 Å². The van der Waals surface area contributed by atoms with Crippen LogP contribution in [0.5, 0.6) is 11.5 Å². The van der Waals surface area contributed by atoms with E-state index in [-0.39, 0.29) is 26.4 Å². The molecular formula is C53H46O4. The Morgan fingerprint density at radius 1 is 0.421 bits per heavy atom. The Morgan fingerprint density at radius 3 is 1.28 bits per heavy atom. The molecule has 4 nitrogen and oxygen atoms in total. The molecule has 282 valence electrons. The minimum atomic E-state index is -0.681. The molecular weight excluding hydrogens is 701 g/mol. The lowest BCUT2D eigenvalue weighted by Gasteiger charge is -2.35. The average Bonchev–Trinajstić information content (AvgIpc) is 3.56. The van der Waals surface area contributed by atoms with Crippen molar-refractivity contribution in [3.63, 3.8) is 0 Å². The predicted molar refractivity (Wildman–Crippen MR) is 234 cm³/mol. The van der Waals surface area contributed by atoms with Crippen molar-refractivity contribution in [3.05, 3.63) is 191 Å². The Hall–Kier alpha value is -6.20. The standard InChI is InChI=1S/C53H46O4/c1-3-35-9-5-7-11-47(35)41-17-23-49-50-24-18-42(48-12-8-6-10-36(48)4-2)34-52(50)53(51(49)33-41,43-19-13-39-31-45(56-27-25-54)21-15-37(39)29-43)44-20-14-40-32-46(57-28-26-55)22-16-38(40)30-44/h5-24,29-34,54-55H,3-4,25-28H2,1-2H3. The lowest BCUT2D eigenvalue weighted by molar-refractivity contribution is 0.201. The molecule has 8 aromatic rings. The summed E-state index contributed by atoms with van der Waals surface area (Å²) in [7, 11) is 0. The zero-order chi connectivity index (χ0) is 38.9. The van der Waals surface area contributed by atoms with E-state index in [4.69, 9.17) is 9.47 Å². The van der Waals surface area contributed by atoms with Crippen molar-refractivity contribution in [1.29, 1.82) is 0 Å². The van der Waals surface area contributed by atoms with Crippen molar-refractivity contribution in [2.45, 2.75) is 32.1 Å². The summed E-state index contributed by atoms with van der Waals surface area (Å²) < 4.78 is 11.6. The van der Waals surface area contributed by atoms with Crippen LogP contribution < -0.4 is 9.47 Å². The summed E-state index contributed by atoms with van der Waals surface area (Å²) >= 11 is 0. The highest BCUT2D eigenvalue weighted by molar-refractivity contribution is 5.94. The quantitative estimate of drug-likeness (QED) is 0.131. The molecule has 8 aromatic carbocycles. The van der Waals surface area contributed by atoms with Gasteiger partial charge in [-0.05, 0) is 150 Å². The van der Waals surface area contributed by atoms with Gasteiger partial charge in [0.25, 0.3) is 0 Å². The van der Waals surface area contributed by atoms with Crippen LogP contribution in [-0.4, -0.2) is 36.6 Å². The molecule has 0 saturated carbocycles. The molecule has 1 aliphatic rings. The maximum atomic E-state index is 9.41. The summed E-state index contributed by atoms with van der Waals surface area (Å²) in [4.78, 5) is 0. The average molecular weight is 747 g/mol. The number of benzene rings is 8. The Labute approximate surface area is 334 Å². The van der Waals surface area contributed by atoms with Crippen LogP contribution in [0.15, 0.2) is 158 Å². The van der Waals surface area contributed by atoms with E-state index in [9.17, 15) is 10.2 Å². The number of fused-ring (bicyclic) bond motifs is 5. The second-order valence-electron chi connectivity index (χ2n) is 14.9. The van der Waals surface area contributed by atoms with Crippen LogP contribution in [-0.2, 0) is 18.3 Å². The molecule has 0 atom stereocenters. The molecule has 4 heteroatoms. The van der Waals surface area contributed by atoms with Gasteiger partial charge in [0, 0.05) is 0 Å². The number of rotatable bonds is 12. The SMILES string of the molecule is CCc1ccccc1-c1ccc2c(c1)C(c1ccc3cc(OCCO)ccc3c1)(c1ccc3cc(OCCO)ccc3c1)c1cc(-c3ccccc3CC)ccc1-2. The second kappa shape index (κ2) is 15.4. The van der Waals surface area contributed by atoms with Gasteiger partial charge in [0.15, 0.2) is 0 Å². The highest BCUT2D eigenvalue weighted by Crippen LogP contribution is 2.58. The van der Waals surface area contributed by atoms with Gasteiger partial charge in [0.2, 0.25) is 0 Å². The van der Waals surface area contributed by atoms with Crippen LogP contribution >= 0.6 is 0 Å². The highest BCUT2D eigenvalue weighted by atomic mass is 16.5. The summed E-state index contributed by atoms with van der Waals surface area (Å²) in [5.41, 5.74) is 14.2. The van der Waals surface area contributed by atoms with Gasteiger partial charge in [-0.3, -0.25) is 0 Å². The van der Waals surface area contributed by atoms with Crippen LogP contribution in [0.25, 0.3) is 54.9 Å². The number of ether oxygens (including phenoxy) is 2. The zero-order valence-corrected chi connectivity index (χ0v) is 32.5. The van der Waals surface area contributed by atoms with Crippen molar-refractivity contribution in [2.75, 3.05) is 26.4 Å². The van der Waals surface area contributed by atoms with Crippen molar-refractivity contribution < 1.29 is 19.7 Å². The first-order valence-corrected chi connectivity index (χ1v) is 20.1. The fraction of sp³-hybridized carbons (Fsp3) is 0.170. The van der Waals surface area contributed by atoms with Crippen LogP contribution in [0.3, 0.4) is 0 Å². The Bertz CT molecular complexity index is 2570. The molecule has 0 heterocycles. The summed E-state index contributed by atoms with van der Waals surface area (Å²) in [6, 6.07) is 57.9. The molecule has 0 aromatic heterocycles. The second-order valence-corrected chi connectivity index (χ2v) is 14.9. The van der Waals surface area contributed by atoms with Gasteiger partial charge in [0.1, 0.15) is 24.7 Å². The van der Waals surface area contributed by atoms with Crippen molar-refractivity contribution >= 4 is 21.5 Å². The third-order valence-corrected chi connectivity index (χ3v) is 11.8. The number of aryl methyl sites for hydroxylation is 2. The van der Waals surface area contributed by atoms with Gasteiger partial charge < -0.3 is 19.7 Å². The first-order chi connectivity index (χ1) is 28.0. The predicted octanol–water partition coefficient (Wildman–Crippen LogP) is 11.6. The number of hydrogen-bond acceptors (Lipinski definition) is 4. The maximum Gasteiger partial charge on any atom is 0.120 e. The third kappa shape index (κ3) is 6.36. The van der Waals surface area contributed by atoms with E-state index in [2.05, 4.69) is 159 Å². The summed E-state index contributed by atoms with van der Waals surface area (Å²) in [5, 5.41) is 23.2. The van der Waals surface area contributed by atoms with E-state index in [0.29, 0.717) is 0 Å². The largest absolute Gasteiger partial charge is 0.491 e. The molecule has 0 unspecified atom stereocenters. The van der Waals surface area contributed by atoms with E-state index in [1.807, 2.05) is 12.1 Å². The highest BCUT2D eigenvalue weighted by Gasteiger charge is 2.47. The molecule has 0 fully saturated rings. The molecule has 0 bridgehead atoms. The lowest BCUT2D eigenvalue weighted by Crippen LogP contribution is -2.28. The Balaban J connectivity index is 1.36. The first kappa shape index (κ1) is 36.4. The maximum absolute atomic E-state index is 9.41. The molecule has 0 amide bonds. The van der Waals surface area contributed by atoms with E-state index in [1.54, 1.807) is 0 Å². The van der Waals surface area contributed by atoms with Gasteiger partial charge in [-0.15, -0.1) is 0 Å². The zero-order valence-electron chi connectivity index (χ0n) is 32.5. The Kier molecular flexibility index (Phi) is 9.83.